The van der Waals surface area contributed by atoms with E-state index in [1.54, 1.807) is 14.2 Å². The molecule has 1 aromatic heterocycles. The molecule has 6 nitrogen and oxygen atoms in total. The quantitative estimate of drug-likeness (QED) is 0.299. The van der Waals surface area contributed by atoms with Crippen LogP contribution in [0.4, 0.5) is 0 Å². The Morgan fingerprint density at radius 3 is 2.50 bits per heavy atom. The fourth-order valence-electron chi connectivity index (χ4n) is 4.25. The van der Waals surface area contributed by atoms with Crippen LogP contribution in [-0.2, 0) is 19.5 Å². The first-order valence-electron chi connectivity index (χ1n) is 11.0. The maximum atomic E-state index is 12.4. The topological polar surface area (TPSA) is 72.7 Å². The number of carboxylic acids is 1. The van der Waals surface area contributed by atoms with Crippen LogP contribution in [0, 0.1) is 0 Å². The van der Waals surface area contributed by atoms with Gasteiger partial charge >= 0.3 is 5.97 Å². The van der Waals surface area contributed by atoms with Gasteiger partial charge in [0, 0.05) is 34.6 Å². The molecular weight excluding hydrogens is 452 g/mol. The summed E-state index contributed by atoms with van der Waals surface area (Å²) in [6, 6.07) is 21.0. The molecule has 4 rings (SSSR count). The Bertz CT molecular complexity index is 1300. The third kappa shape index (κ3) is 5.03. The third-order valence-electron chi connectivity index (χ3n) is 5.89. The Labute approximate surface area is 203 Å². The van der Waals surface area contributed by atoms with Gasteiger partial charge in [0.05, 0.1) is 14.2 Å². The number of hydrogen-bond donors (Lipinski definition) is 2. The molecule has 176 valence electrons. The van der Waals surface area contributed by atoms with E-state index in [2.05, 4.69) is 5.32 Å². The number of ether oxygens (including phenoxy) is 2. The van der Waals surface area contributed by atoms with Gasteiger partial charge in [-0.2, -0.15) is 0 Å². The van der Waals surface area contributed by atoms with Crippen molar-refractivity contribution in [2.45, 2.75) is 19.5 Å². The van der Waals surface area contributed by atoms with Crippen molar-refractivity contribution in [3.8, 4) is 11.5 Å². The number of nitrogens with zero attached hydrogens (tertiary/aromatic N) is 1. The largest absolute Gasteiger partial charge is 0.497 e. The van der Waals surface area contributed by atoms with Crippen LogP contribution in [0.25, 0.3) is 10.9 Å². The number of fused-ring (bicyclic) bond motifs is 1. The highest BCUT2D eigenvalue weighted by molar-refractivity contribution is 6.30. The molecule has 0 aliphatic carbocycles. The average molecular weight is 479 g/mol. The number of rotatable bonds is 10. The van der Waals surface area contributed by atoms with Gasteiger partial charge in [-0.15, -0.1) is 0 Å². The molecule has 2 N–H and O–H groups in total. The Morgan fingerprint density at radius 1 is 1.03 bits per heavy atom. The molecule has 34 heavy (non-hydrogen) atoms. The minimum atomic E-state index is -0.948. The first-order chi connectivity index (χ1) is 16.5. The number of carboxylic acid groups (broad SMARTS) is 1. The number of aromatic nitrogens is 1. The number of halogens is 1. The Balaban J connectivity index is 1.58. The zero-order valence-electron chi connectivity index (χ0n) is 19.2. The monoisotopic (exact) mass is 478 g/mol. The minimum absolute atomic E-state index is 0.294. The number of aromatic carboxylic acids is 1. The Hall–Kier alpha value is -3.48. The molecule has 0 aliphatic rings. The van der Waals surface area contributed by atoms with E-state index >= 15 is 0 Å². The van der Waals surface area contributed by atoms with Gasteiger partial charge in [0.2, 0.25) is 0 Å². The second-order valence-electron chi connectivity index (χ2n) is 7.97. The van der Waals surface area contributed by atoms with Crippen molar-refractivity contribution in [1.82, 2.24) is 9.88 Å². The minimum Gasteiger partial charge on any atom is -0.497 e. The summed E-state index contributed by atoms with van der Waals surface area (Å²) >= 11 is 6.02. The van der Waals surface area contributed by atoms with Crippen molar-refractivity contribution in [3.63, 3.8) is 0 Å². The summed E-state index contributed by atoms with van der Waals surface area (Å²) in [6.07, 6.45) is 0.714. The van der Waals surface area contributed by atoms with E-state index in [0.29, 0.717) is 36.8 Å². The van der Waals surface area contributed by atoms with E-state index in [1.807, 2.05) is 71.3 Å². The molecular formula is C27H27ClN2O4. The normalized spacial score (nSPS) is 11.0. The molecule has 0 radical (unpaired) electrons. The van der Waals surface area contributed by atoms with Gasteiger partial charge in [-0.3, -0.25) is 0 Å². The lowest BCUT2D eigenvalue weighted by atomic mass is 10.1. The lowest BCUT2D eigenvalue weighted by molar-refractivity contribution is 0.0684. The van der Waals surface area contributed by atoms with Gasteiger partial charge in [-0.05, 0) is 60.5 Å². The van der Waals surface area contributed by atoms with Gasteiger partial charge in [-0.1, -0.05) is 41.9 Å². The molecule has 0 unspecified atom stereocenters. The number of carbonyl (C=O) groups is 1. The molecule has 0 aliphatic heterocycles. The van der Waals surface area contributed by atoms with Crippen LogP contribution in [0.2, 0.25) is 5.02 Å². The number of para-hydroxylation sites is 1. The molecule has 0 bridgehead atoms. The van der Waals surface area contributed by atoms with Crippen LogP contribution in [-0.4, -0.2) is 36.4 Å². The second-order valence-corrected chi connectivity index (χ2v) is 8.40. The molecule has 1 heterocycles. The number of hydrogen-bond acceptors (Lipinski definition) is 4. The van der Waals surface area contributed by atoms with Crippen LogP contribution in [0.3, 0.4) is 0 Å². The van der Waals surface area contributed by atoms with Crippen molar-refractivity contribution < 1.29 is 19.4 Å². The fourth-order valence-corrected chi connectivity index (χ4v) is 4.37. The summed E-state index contributed by atoms with van der Waals surface area (Å²) in [5.41, 5.74) is 3.97. The van der Waals surface area contributed by atoms with E-state index in [1.165, 1.54) is 0 Å². The van der Waals surface area contributed by atoms with E-state index in [4.69, 9.17) is 21.1 Å². The van der Waals surface area contributed by atoms with Gasteiger partial charge in [0.25, 0.3) is 0 Å². The van der Waals surface area contributed by atoms with Crippen molar-refractivity contribution in [2.24, 2.45) is 0 Å². The molecule has 7 heteroatoms. The van der Waals surface area contributed by atoms with Gasteiger partial charge in [0.15, 0.2) is 0 Å². The average Bonchev–Trinajstić information content (AvgIpc) is 3.16. The molecule has 0 atom stereocenters. The summed E-state index contributed by atoms with van der Waals surface area (Å²) < 4.78 is 12.7. The van der Waals surface area contributed by atoms with Crippen molar-refractivity contribution in [2.75, 3.05) is 20.8 Å². The first kappa shape index (κ1) is 23.7. The summed E-state index contributed by atoms with van der Waals surface area (Å²) in [5, 5.41) is 15.1. The van der Waals surface area contributed by atoms with Crippen LogP contribution in [0.5, 0.6) is 11.5 Å². The molecule has 0 saturated carbocycles. The van der Waals surface area contributed by atoms with E-state index in [0.717, 1.165) is 39.1 Å². The van der Waals surface area contributed by atoms with Crippen LogP contribution in [0.1, 0.15) is 27.2 Å². The van der Waals surface area contributed by atoms with E-state index in [-0.39, 0.29) is 0 Å². The van der Waals surface area contributed by atoms with Crippen LogP contribution < -0.4 is 14.8 Å². The SMILES string of the molecule is COc1ccc(OC)c(CCNCc2c(C(=O)O)n(Cc3ccc(Cl)cc3)c3ccccc23)c1. The third-order valence-corrected chi connectivity index (χ3v) is 6.14. The van der Waals surface area contributed by atoms with Gasteiger partial charge < -0.3 is 24.5 Å². The van der Waals surface area contributed by atoms with Crippen molar-refractivity contribution in [3.05, 3.63) is 94.1 Å². The fraction of sp³-hybridized carbons (Fsp3) is 0.222. The molecule has 0 fully saturated rings. The summed E-state index contributed by atoms with van der Waals surface area (Å²) in [5.74, 6) is 0.624. The number of benzene rings is 3. The zero-order chi connectivity index (χ0) is 24.1. The summed E-state index contributed by atoms with van der Waals surface area (Å²) in [7, 11) is 3.28. The number of methoxy groups -OCH3 is 2. The molecule has 3 aromatic carbocycles. The zero-order valence-corrected chi connectivity index (χ0v) is 19.9. The first-order valence-corrected chi connectivity index (χ1v) is 11.4. The molecule has 4 aromatic rings. The molecule has 0 spiro atoms. The predicted octanol–water partition coefficient (Wildman–Crippen LogP) is 5.39. The highest BCUT2D eigenvalue weighted by Gasteiger charge is 2.22. The van der Waals surface area contributed by atoms with Crippen molar-refractivity contribution >= 4 is 28.5 Å². The maximum absolute atomic E-state index is 12.4. The smallest absolute Gasteiger partial charge is 0.352 e. The van der Waals surface area contributed by atoms with E-state index < -0.39 is 5.97 Å². The highest BCUT2D eigenvalue weighted by Crippen LogP contribution is 2.28. The van der Waals surface area contributed by atoms with Gasteiger partial charge in [0.1, 0.15) is 17.2 Å². The Morgan fingerprint density at radius 2 is 1.79 bits per heavy atom. The summed E-state index contributed by atoms with van der Waals surface area (Å²) in [6.45, 7) is 1.53. The van der Waals surface area contributed by atoms with Crippen LogP contribution in [0.15, 0.2) is 66.7 Å². The van der Waals surface area contributed by atoms with E-state index in [9.17, 15) is 9.90 Å². The highest BCUT2D eigenvalue weighted by atomic mass is 35.5. The molecule has 0 saturated heterocycles. The second kappa shape index (κ2) is 10.6. The maximum Gasteiger partial charge on any atom is 0.352 e. The molecule has 0 amide bonds. The number of nitrogens with one attached hydrogen (secondary N) is 1. The van der Waals surface area contributed by atoms with Crippen molar-refractivity contribution in [1.29, 1.82) is 0 Å². The standard InChI is InChI=1S/C27H27ClN2O4/c1-33-21-11-12-25(34-2)19(15-21)13-14-29-16-23-22-5-3-4-6-24(22)30(26(23)27(31)32)17-18-7-9-20(28)10-8-18/h3-12,15,29H,13-14,16-17H2,1-2H3,(H,31,32). The Kier molecular flexibility index (Phi) is 7.40. The summed E-state index contributed by atoms with van der Waals surface area (Å²) in [4.78, 5) is 12.4. The predicted molar refractivity (Wildman–Crippen MR) is 134 cm³/mol. The lowest BCUT2D eigenvalue weighted by Gasteiger charge is -2.12. The van der Waals surface area contributed by atoms with Gasteiger partial charge in [-0.25, -0.2) is 4.79 Å². The van der Waals surface area contributed by atoms with Crippen LogP contribution >= 0.6 is 11.6 Å². The lowest BCUT2D eigenvalue weighted by Crippen LogP contribution is -2.19.